The lowest BCUT2D eigenvalue weighted by Crippen LogP contribution is -2.19. The van der Waals surface area contributed by atoms with Crippen molar-refractivity contribution in [1.29, 1.82) is 0 Å². The summed E-state index contributed by atoms with van der Waals surface area (Å²) in [7, 11) is 0. The van der Waals surface area contributed by atoms with Gasteiger partial charge in [0.1, 0.15) is 5.16 Å². The van der Waals surface area contributed by atoms with Crippen LogP contribution in [0.15, 0.2) is 16.2 Å². The summed E-state index contributed by atoms with van der Waals surface area (Å²) in [5, 5.41) is 0.381. The van der Waals surface area contributed by atoms with E-state index in [1.807, 2.05) is 0 Å². The molecule has 5 heteroatoms. The summed E-state index contributed by atoms with van der Waals surface area (Å²) >= 11 is 16.6. The molecule has 0 amide bonds. The van der Waals surface area contributed by atoms with Gasteiger partial charge in [-0.15, -0.1) is 0 Å². The van der Waals surface area contributed by atoms with Crippen LogP contribution in [-0.4, -0.2) is 16.3 Å². The third-order valence-corrected chi connectivity index (χ3v) is 1.98. The lowest BCUT2D eigenvalue weighted by atomic mass is 10.6. The van der Waals surface area contributed by atoms with E-state index in [0.717, 1.165) is 4.42 Å². The third-order valence-electron chi connectivity index (χ3n) is 0.812. The molecule has 0 fully saturated rings. The highest BCUT2D eigenvalue weighted by atomic mass is 35.5. The average molecular weight is 185 g/mol. The molecular formula is C4H3Cl3N2. The van der Waals surface area contributed by atoms with Crippen molar-refractivity contribution in [2.75, 3.05) is 0 Å². The van der Waals surface area contributed by atoms with Crippen LogP contribution in [0.2, 0.25) is 0 Å². The van der Waals surface area contributed by atoms with E-state index >= 15 is 0 Å². The number of hydrogen-bond donors (Lipinski definition) is 0. The quantitative estimate of drug-likeness (QED) is 0.321. The second-order valence-electron chi connectivity index (χ2n) is 1.41. The van der Waals surface area contributed by atoms with Gasteiger partial charge in [0.05, 0.1) is 0 Å². The van der Waals surface area contributed by atoms with Gasteiger partial charge >= 0.3 is 0 Å². The summed E-state index contributed by atoms with van der Waals surface area (Å²) in [5.41, 5.74) is -0.579. The van der Waals surface area contributed by atoms with E-state index in [1.54, 1.807) is 6.08 Å². The summed E-state index contributed by atoms with van der Waals surface area (Å²) in [6, 6.07) is 0. The smallest absolute Gasteiger partial charge is 0.212 e. The molecule has 1 rings (SSSR count). The molecule has 0 spiro atoms. The molecule has 0 saturated heterocycles. The van der Waals surface area contributed by atoms with Gasteiger partial charge in [0.15, 0.2) is 0 Å². The number of halogens is 3. The standard InChI is InChI=1S/C4H3Cl3N2/c5-3-1-2-8-4(6)9(3)7/h1-2,4H. The Hall–Kier alpha value is 0.0800. The van der Waals surface area contributed by atoms with Crippen molar-refractivity contribution in [2.24, 2.45) is 4.99 Å². The first-order chi connectivity index (χ1) is 4.22. The van der Waals surface area contributed by atoms with Crippen LogP contribution in [-0.2, 0) is 0 Å². The Kier molecular flexibility index (Phi) is 2.22. The van der Waals surface area contributed by atoms with E-state index in [-0.39, 0.29) is 0 Å². The second kappa shape index (κ2) is 2.78. The zero-order valence-electron chi connectivity index (χ0n) is 4.26. The fraction of sp³-hybridized carbons (Fsp3) is 0.250. The van der Waals surface area contributed by atoms with Crippen molar-refractivity contribution < 1.29 is 0 Å². The zero-order valence-corrected chi connectivity index (χ0v) is 6.53. The number of nitrogens with zero attached hydrogens (tertiary/aromatic N) is 2. The molecule has 1 unspecified atom stereocenters. The Morgan fingerprint density at radius 3 is 2.78 bits per heavy atom. The number of hydrogen-bond acceptors (Lipinski definition) is 2. The van der Waals surface area contributed by atoms with Crippen molar-refractivity contribution in [3.05, 3.63) is 11.2 Å². The molecule has 50 valence electrons. The fourth-order valence-electron chi connectivity index (χ4n) is 0.407. The summed E-state index contributed by atoms with van der Waals surface area (Å²) in [5.74, 6) is 0. The highest BCUT2D eigenvalue weighted by Crippen LogP contribution is 2.21. The normalized spacial score (nSPS) is 26.3. The van der Waals surface area contributed by atoms with Gasteiger partial charge in [-0.1, -0.05) is 23.2 Å². The van der Waals surface area contributed by atoms with E-state index in [2.05, 4.69) is 4.99 Å². The van der Waals surface area contributed by atoms with Crippen molar-refractivity contribution in [1.82, 2.24) is 4.42 Å². The predicted octanol–water partition coefficient (Wildman–Crippen LogP) is 2.13. The van der Waals surface area contributed by atoms with Gasteiger partial charge in [-0.2, -0.15) is 0 Å². The zero-order chi connectivity index (χ0) is 6.85. The van der Waals surface area contributed by atoms with E-state index in [1.165, 1.54) is 6.21 Å². The monoisotopic (exact) mass is 184 g/mol. The lowest BCUT2D eigenvalue weighted by Gasteiger charge is -2.18. The second-order valence-corrected chi connectivity index (χ2v) is 2.55. The summed E-state index contributed by atoms with van der Waals surface area (Å²) < 4.78 is 1.14. The molecule has 9 heavy (non-hydrogen) atoms. The Bertz CT molecular complexity index is 165. The number of rotatable bonds is 0. The Morgan fingerprint density at radius 2 is 2.33 bits per heavy atom. The van der Waals surface area contributed by atoms with Crippen LogP contribution in [0.3, 0.4) is 0 Å². The fourth-order valence-corrected chi connectivity index (χ4v) is 0.883. The van der Waals surface area contributed by atoms with Gasteiger partial charge < -0.3 is 0 Å². The van der Waals surface area contributed by atoms with E-state index < -0.39 is 5.62 Å². The topological polar surface area (TPSA) is 15.6 Å². The molecular weight excluding hydrogens is 182 g/mol. The van der Waals surface area contributed by atoms with E-state index in [0.29, 0.717) is 5.16 Å². The minimum Gasteiger partial charge on any atom is -0.252 e. The molecule has 2 nitrogen and oxygen atoms in total. The largest absolute Gasteiger partial charge is 0.252 e. The minimum absolute atomic E-state index is 0.381. The highest BCUT2D eigenvalue weighted by molar-refractivity contribution is 6.36. The van der Waals surface area contributed by atoms with Crippen LogP contribution in [0.4, 0.5) is 0 Å². The predicted molar refractivity (Wildman–Crippen MR) is 39.8 cm³/mol. The molecule has 1 aliphatic heterocycles. The first-order valence-corrected chi connectivity index (χ1v) is 3.35. The van der Waals surface area contributed by atoms with Gasteiger partial charge in [-0.3, -0.25) is 4.99 Å². The molecule has 1 heterocycles. The van der Waals surface area contributed by atoms with Crippen LogP contribution in [0.5, 0.6) is 0 Å². The molecule has 0 N–H and O–H groups in total. The molecule has 0 aromatic carbocycles. The van der Waals surface area contributed by atoms with E-state index in [4.69, 9.17) is 35.0 Å². The number of aliphatic imine (C=N–C) groups is 1. The third kappa shape index (κ3) is 1.51. The van der Waals surface area contributed by atoms with Crippen molar-refractivity contribution in [3.63, 3.8) is 0 Å². The number of allylic oxidation sites excluding steroid dienone is 1. The van der Waals surface area contributed by atoms with Gasteiger partial charge in [-0.05, 0) is 6.08 Å². The maximum Gasteiger partial charge on any atom is 0.212 e. The molecule has 1 atom stereocenters. The van der Waals surface area contributed by atoms with Crippen LogP contribution in [0.25, 0.3) is 0 Å². The van der Waals surface area contributed by atoms with E-state index in [9.17, 15) is 0 Å². The van der Waals surface area contributed by atoms with Gasteiger partial charge in [0.2, 0.25) is 5.62 Å². The summed E-state index contributed by atoms with van der Waals surface area (Å²) in [4.78, 5) is 3.73. The van der Waals surface area contributed by atoms with Gasteiger partial charge in [-0.25, -0.2) is 4.42 Å². The Morgan fingerprint density at radius 1 is 1.67 bits per heavy atom. The SMILES string of the molecule is ClC1=CC=NC(Cl)N1Cl. The molecule has 0 aliphatic carbocycles. The Labute approximate surface area is 67.8 Å². The maximum atomic E-state index is 5.54. The lowest BCUT2D eigenvalue weighted by molar-refractivity contribution is 0.550. The van der Waals surface area contributed by atoms with Crippen LogP contribution < -0.4 is 0 Å². The minimum atomic E-state index is -0.579. The first kappa shape index (κ1) is 7.19. The molecule has 0 aromatic heterocycles. The van der Waals surface area contributed by atoms with Crippen molar-refractivity contribution >= 4 is 41.2 Å². The molecule has 0 bridgehead atoms. The Balaban J connectivity index is 2.73. The molecule has 0 aromatic rings. The van der Waals surface area contributed by atoms with Gasteiger partial charge in [0.25, 0.3) is 0 Å². The number of alkyl halides is 1. The van der Waals surface area contributed by atoms with Crippen molar-refractivity contribution in [2.45, 2.75) is 5.62 Å². The average Bonchev–Trinajstić information content (AvgIpc) is 1.83. The molecule has 0 radical (unpaired) electrons. The first-order valence-electron chi connectivity index (χ1n) is 2.20. The summed E-state index contributed by atoms with van der Waals surface area (Å²) in [6.07, 6.45) is 3.08. The van der Waals surface area contributed by atoms with Crippen molar-refractivity contribution in [3.8, 4) is 0 Å². The molecule has 0 saturated carbocycles. The van der Waals surface area contributed by atoms with Crippen LogP contribution in [0, 0.1) is 0 Å². The van der Waals surface area contributed by atoms with Gasteiger partial charge in [0, 0.05) is 18.0 Å². The molecule has 1 aliphatic rings. The maximum absolute atomic E-state index is 5.54. The highest BCUT2D eigenvalue weighted by Gasteiger charge is 2.15. The van der Waals surface area contributed by atoms with Crippen LogP contribution in [0.1, 0.15) is 0 Å². The summed E-state index contributed by atoms with van der Waals surface area (Å²) in [6.45, 7) is 0. The van der Waals surface area contributed by atoms with Crippen LogP contribution >= 0.6 is 35.0 Å².